The number of carbonyl (C=O) groups excluding carboxylic acids is 2. The molecule has 5 nitrogen and oxygen atoms in total. The Kier molecular flexibility index (Phi) is 5.34. The summed E-state index contributed by atoms with van der Waals surface area (Å²) < 4.78 is 3.16. The lowest BCUT2D eigenvalue weighted by molar-refractivity contribution is -0.128. The molecule has 0 atom stereocenters. The Labute approximate surface area is 182 Å². The number of nitrogens with zero attached hydrogens (tertiary/aromatic N) is 2. The molecule has 1 saturated heterocycles. The van der Waals surface area contributed by atoms with E-state index in [1.165, 1.54) is 4.90 Å². The van der Waals surface area contributed by atoms with Gasteiger partial charge in [0.25, 0.3) is 11.8 Å². The van der Waals surface area contributed by atoms with Crippen molar-refractivity contribution in [2.24, 2.45) is 0 Å². The van der Waals surface area contributed by atoms with E-state index in [4.69, 9.17) is 12.2 Å². The third-order valence-corrected chi connectivity index (χ3v) is 5.74. The average molecular weight is 468 g/mol. The number of hydrogen-bond acceptors (Lipinski definition) is 3. The zero-order chi connectivity index (χ0) is 20.5. The summed E-state index contributed by atoms with van der Waals surface area (Å²) in [6, 6.07) is 16.1. The lowest BCUT2D eigenvalue weighted by Gasteiger charge is -2.27. The number of halogens is 1. The van der Waals surface area contributed by atoms with Gasteiger partial charge in [0.05, 0.1) is 0 Å². The Morgan fingerprint density at radius 2 is 1.83 bits per heavy atom. The molecule has 0 spiro atoms. The number of amides is 2. The van der Waals surface area contributed by atoms with Gasteiger partial charge in [0.15, 0.2) is 5.11 Å². The number of likely N-dealkylation sites (N-methyl/N-ethyl adjacent to an activating group) is 1. The highest BCUT2D eigenvalue weighted by molar-refractivity contribution is 9.10. The maximum absolute atomic E-state index is 12.7. The van der Waals surface area contributed by atoms with Gasteiger partial charge in [0, 0.05) is 40.2 Å². The van der Waals surface area contributed by atoms with Crippen molar-refractivity contribution in [2.45, 2.75) is 13.5 Å². The molecular formula is C22H18BrN3O2S. The van der Waals surface area contributed by atoms with Crippen LogP contribution in [-0.2, 0) is 16.1 Å². The van der Waals surface area contributed by atoms with Gasteiger partial charge in [0.2, 0.25) is 0 Å². The van der Waals surface area contributed by atoms with Crippen LogP contribution in [0.1, 0.15) is 18.1 Å². The summed E-state index contributed by atoms with van der Waals surface area (Å²) in [5.41, 5.74) is 3.10. The van der Waals surface area contributed by atoms with Crippen molar-refractivity contribution >= 4 is 62.1 Å². The summed E-state index contributed by atoms with van der Waals surface area (Å²) in [6.45, 7) is 2.91. The molecule has 2 amide bonds. The highest BCUT2D eigenvalue weighted by atomic mass is 79.9. The van der Waals surface area contributed by atoms with Crippen LogP contribution >= 0.6 is 28.1 Å². The molecule has 0 bridgehead atoms. The van der Waals surface area contributed by atoms with Crippen LogP contribution in [0.3, 0.4) is 0 Å². The number of para-hydroxylation sites is 1. The molecule has 4 rings (SSSR count). The Morgan fingerprint density at radius 3 is 2.55 bits per heavy atom. The fraction of sp³-hybridized carbons (Fsp3) is 0.136. The molecular weight excluding hydrogens is 450 g/mol. The van der Waals surface area contributed by atoms with Crippen LogP contribution < -0.4 is 5.32 Å². The van der Waals surface area contributed by atoms with Gasteiger partial charge in [-0.05, 0) is 49.0 Å². The van der Waals surface area contributed by atoms with Crippen LogP contribution in [0, 0.1) is 0 Å². The number of nitrogens with one attached hydrogen (secondary N) is 1. The molecule has 0 radical (unpaired) electrons. The Morgan fingerprint density at radius 1 is 1.10 bits per heavy atom. The summed E-state index contributed by atoms with van der Waals surface area (Å²) in [7, 11) is 0. The molecule has 7 heteroatoms. The number of fused-ring (bicyclic) bond motifs is 1. The fourth-order valence-corrected chi connectivity index (χ4v) is 4.01. The number of thiocarbonyl (C=S) groups is 1. The van der Waals surface area contributed by atoms with Gasteiger partial charge < -0.3 is 4.57 Å². The van der Waals surface area contributed by atoms with E-state index in [0.717, 1.165) is 26.5 Å². The first-order valence-electron chi connectivity index (χ1n) is 9.19. The zero-order valence-corrected chi connectivity index (χ0v) is 18.1. The largest absolute Gasteiger partial charge is 0.342 e. The second-order valence-electron chi connectivity index (χ2n) is 6.72. The summed E-state index contributed by atoms with van der Waals surface area (Å²) in [4.78, 5) is 26.6. The van der Waals surface area contributed by atoms with Crippen molar-refractivity contribution in [1.29, 1.82) is 0 Å². The van der Waals surface area contributed by atoms with Gasteiger partial charge >= 0.3 is 0 Å². The molecule has 1 aromatic heterocycles. The van der Waals surface area contributed by atoms with Crippen molar-refractivity contribution < 1.29 is 9.59 Å². The maximum atomic E-state index is 12.7. The lowest BCUT2D eigenvalue weighted by atomic mass is 10.1. The van der Waals surface area contributed by atoms with E-state index in [-0.39, 0.29) is 16.6 Å². The lowest BCUT2D eigenvalue weighted by Crippen LogP contribution is -2.53. The molecule has 3 aromatic rings. The second-order valence-corrected chi connectivity index (χ2v) is 8.03. The van der Waals surface area contributed by atoms with Crippen molar-refractivity contribution in [3.05, 3.63) is 75.9 Å². The number of hydrogen-bond donors (Lipinski definition) is 1. The Balaban J connectivity index is 1.77. The number of rotatable bonds is 4. The molecule has 1 N–H and O–H groups in total. The zero-order valence-electron chi connectivity index (χ0n) is 15.7. The van der Waals surface area contributed by atoms with Gasteiger partial charge in [-0.2, -0.15) is 0 Å². The molecule has 1 aliphatic rings. The van der Waals surface area contributed by atoms with Crippen LogP contribution in [0.25, 0.3) is 17.0 Å². The minimum Gasteiger partial charge on any atom is -0.342 e. The Bertz CT molecular complexity index is 1160. The highest BCUT2D eigenvalue weighted by Gasteiger charge is 2.32. The van der Waals surface area contributed by atoms with Crippen LogP contribution in [0.15, 0.2) is 64.8 Å². The van der Waals surface area contributed by atoms with Crippen LogP contribution in [0.5, 0.6) is 0 Å². The number of carbonyl (C=O) groups is 2. The second kappa shape index (κ2) is 7.93. The van der Waals surface area contributed by atoms with Gasteiger partial charge in [-0.25, -0.2) is 0 Å². The van der Waals surface area contributed by atoms with E-state index in [1.54, 1.807) is 6.08 Å². The van der Waals surface area contributed by atoms with Gasteiger partial charge in [-0.1, -0.05) is 46.3 Å². The van der Waals surface area contributed by atoms with E-state index in [0.29, 0.717) is 13.1 Å². The molecule has 2 heterocycles. The van der Waals surface area contributed by atoms with E-state index in [2.05, 4.69) is 37.9 Å². The quantitative estimate of drug-likeness (QED) is 0.357. The van der Waals surface area contributed by atoms with Crippen LogP contribution in [0.4, 0.5) is 0 Å². The number of benzene rings is 2. The third kappa shape index (κ3) is 3.75. The monoisotopic (exact) mass is 467 g/mol. The van der Waals surface area contributed by atoms with E-state index >= 15 is 0 Å². The third-order valence-electron chi connectivity index (χ3n) is 4.89. The predicted molar refractivity (Wildman–Crippen MR) is 121 cm³/mol. The summed E-state index contributed by atoms with van der Waals surface area (Å²) >= 11 is 8.56. The van der Waals surface area contributed by atoms with Crippen LogP contribution in [0.2, 0.25) is 0 Å². The molecule has 0 aliphatic carbocycles. The first kappa shape index (κ1) is 19.5. The summed E-state index contributed by atoms with van der Waals surface area (Å²) in [5, 5.41) is 3.73. The standard InChI is InChI=1S/C22H18BrN3O2S/c1-2-26-21(28)18(20(27)24-22(26)29)11-15-13-25(19-6-4-3-5-17(15)19)12-14-7-9-16(23)10-8-14/h3-11,13H,2,12H2,1H3,(H,24,27,29)/b18-11+. The first-order chi connectivity index (χ1) is 14.0. The molecule has 1 aliphatic heterocycles. The summed E-state index contributed by atoms with van der Waals surface area (Å²) in [5.74, 6) is -0.833. The smallest absolute Gasteiger partial charge is 0.265 e. The van der Waals surface area contributed by atoms with Gasteiger partial charge in [0.1, 0.15) is 5.57 Å². The molecule has 0 unspecified atom stereocenters. The summed E-state index contributed by atoms with van der Waals surface area (Å²) in [6.07, 6.45) is 3.63. The maximum Gasteiger partial charge on any atom is 0.265 e. The predicted octanol–water partition coefficient (Wildman–Crippen LogP) is 4.10. The average Bonchev–Trinajstić information content (AvgIpc) is 3.05. The molecule has 2 aromatic carbocycles. The topological polar surface area (TPSA) is 54.3 Å². The van der Waals surface area contributed by atoms with Crippen LogP contribution in [-0.4, -0.2) is 32.9 Å². The highest BCUT2D eigenvalue weighted by Crippen LogP contribution is 2.26. The van der Waals surface area contributed by atoms with Gasteiger partial charge in [-0.3, -0.25) is 19.8 Å². The molecule has 146 valence electrons. The molecule has 1 fully saturated rings. The van der Waals surface area contributed by atoms with Crippen molar-refractivity contribution in [3.63, 3.8) is 0 Å². The molecule has 29 heavy (non-hydrogen) atoms. The van der Waals surface area contributed by atoms with Crippen molar-refractivity contribution in [2.75, 3.05) is 6.54 Å². The SMILES string of the molecule is CCN1C(=O)/C(=C/c2cn(Cc3ccc(Br)cc3)c3ccccc23)C(=O)NC1=S. The van der Waals surface area contributed by atoms with E-state index in [9.17, 15) is 9.59 Å². The van der Waals surface area contributed by atoms with E-state index in [1.807, 2.05) is 49.5 Å². The fourth-order valence-electron chi connectivity index (χ4n) is 3.44. The van der Waals surface area contributed by atoms with Gasteiger partial charge in [-0.15, -0.1) is 0 Å². The minimum atomic E-state index is -0.463. The first-order valence-corrected chi connectivity index (χ1v) is 10.4. The van der Waals surface area contributed by atoms with Crippen molar-refractivity contribution in [3.8, 4) is 0 Å². The normalized spacial score (nSPS) is 16.0. The van der Waals surface area contributed by atoms with E-state index < -0.39 is 5.91 Å². The number of aromatic nitrogens is 1. The molecule has 0 saturated carbocycles. The Hall–Kier alpha value is -2.77. The minimum absolute atomic E-state index is 0.0898. The van der Waals surface area contributed by atoms with Crippen molar-refractivity contribution in [1.82, 2.24) is 14.8 Å².